The summed E-state index contributed by atoms with van der Waals surface area (Å²) in [5.74, 6) is -1.96. The highest BCUT2D eigenvalue weighted by molar-refractivity contribution is 5.80. The normalized spacial score (nSPS) is 14.2. The van der Waals surface area contributed by atoms with Gasteiger partial charge in [-0.05, 0) is 71.8 Å². The van der Waals surface area contributed by atoms with Gasteiger partial charge in [0.2, 0.25) is 5.91 Å². The van der Waals surface area contributed by atoms with Crippen molar-refractivity contribution in [3.63, 3.8) is 0 Å². The molecule has 272 valence electrons. The number of carbonyl (C=O) groups is 1. The number of alkyl halides is 3. The van der Waals surface area contributed by atoms with Gasteiger partial charge in [-0.25, -0.2) is 13.8 Å². The molecule has 13 heteroatoms. The molecule has 0 atom stereocenters. The number of aromatic nitrogens is 3. The lowest BCUT2D eigenvalue weighted by molar-refractivity contribution is -0.137. The molecule has 1 aliphatic heterocycles. The molecular formula is C39H38F5N5O3. The van der Waals surface area contributed by atoms with E-state index in [-0.39, 0.29) is 60.3 Å². The average molecular weight is 720 g/mol. The van der Waals surface area contributed by atoms with Crippen LogP contribution in [0.15, 0.2) is 89.9 Å². The summed E-state index contributed by atoms with van der Waals surface area (Å²) in [6, 6.07) is 19.3. The van der Waals surface area contributed by atoms with E-state index in [9.17, 15) is 31.5 Å². The fraction of sp³-hybridized carbons (Fsp3) is 0.333. The van der Waals surface area contributed by atoms with Crippen molar-refractivity contribution >= 4 is 16.9 Å². The molecule has 0 saturated carbocycles. The van der Waals surface area contributed by atoms with Crippen molar-refractivity contribution in [2.75, 3.05) is 33.4 Å². The minimum Gasteiger partial charge on any atom is -0.383 e. The van der Waals surface area contributed by atoms with Crippen molar-refractivity contribution < 1.29 is 31.5 Å². The van der Waals surface area contributed by atoms with Crippen LogP contribution in [-0.2, 0) is 41.6 Å². The summed E-state index contributed by atoms with van der Waals surface area (Å²) in [6.45, 7) is 2.96. The van der Waals surface area contributed by atoms with Gasteiger partial charge in [-0.2, -0.15) is 18.2 Å². The predicted molar refractivity (Wildman–Crippen MR) is 186 cm³/mol. The maximum atomic E-state index is 14.6. The number of methoxy groups -OCH3 is 1. The molecular weight excluding hydrogens is 681 g/mol. The Balaban J connectivity index is 1.28. The van der Waals surface area contributed by atoms with Crippen LogP contribution in [0.3, 0.4) is 0 Å². The zero-order chi connectivity index (χ0) is 36.8. The van der Waals surface area contributed by atoms with Crippen LogP contribution >= 0.6 is 0 Å². The summed E-state index contributed by atoms with van der Waals surface area (Å²) in [7, 11) is 1.66. The largest absolute Gasteiger partial charge is 0.416 e. The third-order valence-corrected chi connectivity index (χ3v) is 9.54. The van der Waals surface area contributed by atoms with Crippen molar-refractivity contribution in [1.82, 2.24) is 24.3 Å². The van der Waals surface area contributed by atoms with E-state index in [1.807, 2.05) is 29.2 Å². The van der Waals surface area contributed by atoms with Gasteiger partial charge in [-0.1, -0.05) is 48.5 Å². The molecule has 5 aromatic rings. The lowest BCUT2D eigenvalue weighted by Gasteiger charge is -2.39. The summed E-state index contributed by atoms with van der Waals surface area (Å²) in [5, 5.41) is 0.229. The van der Waals surface area contributed by atoms with Gasteiger partial charge < -0.3 is 19.1 Å². The Hall–Kier alpha value is -5.01. The molecule has 0 aliphatic carbocycles. The topological polar surface area (TPSA) is 80.6 Å². The molecule has 3 heterocycles. The Morgan fingerprint density at radius 3 is 2.29 bits per heavy atom. The number of amides is 1. The van der Waals surface area contributed by atoms with Crippen LogP contribution in [0.5, 0.6) is 0 Å². The van der Waals surface area contributed by atoms with Gasteiger partial charge in [-0.15, -0.1) is 0 Å². The summed E-state index contributed by atoms with van der Waals surface area (Å²) >= 11 is 0. The first-order chi connectivity index (χ1) is 25.0. The number of carbonyl (C=O) groups excluding carboxylic acids is 1. The standard InChI is InChI=1S/C39H38F5N5O3/c1-52-23-22-47-20-17-31(18-21-47)48(24-26-7-9-27(10-8-26)28-11-14-30(15-12-28)39(42,43)44)35(50)25-49-34(16-13-29-4-2-6-33(40)36(29)41)46-38(51)32-5-3-19-45-37(32)49/h2-12,14-15,19,31H,13,16-18,20-25H2,1H3. The van der Waals surface area contributed by atoms with Crippen molar-refractivity contribution in [3.8, 4) is 11.1 Å². The van der Waals surface area contributed by atoms with Gasteiger partial charge in [0.1, 0.15) is 18.0 Å². The molecule has 0 unspecified atom stereocenters. The fourth-order valence-corrected chi connectivity index (χ4v) is 6.66. The van der Waals surface area contributed by atoms with Crippen molar-refractivity contribution in [3.05, 3.63) is 130 Å². The molecule has 0 N–H and O–H groups in total. The number of ether oxygens (including phenoxy) is 1. The summed E-state index contributed by atoms with van der Waals surface area (Å²) < 4.78 is 74.6. The van der Waals surface area contributed by atoms with E-state index in [4.69, 9.17) is 4.74 Å². The van der Waals surface area contributed by atoms with E-state index in [0.29, 0.717) is 25.0 Å². The Kier molecular flexibility index (Phi) is 11.4. The molecule has 6 rings (SSSR count). The number of piperidine rings is 1. The van der Waals surface area contributed by atoms with Gasteiger partial charge in [0.25, 0.3) is 5.56 Å². The highest BCUT2D eigenvalue weighted by atomic mass is 19.4. The van der Waals surface area contributed by atoms with Crippen LogP contribution in [0.2, 0.25) is 0 Å². The third-order valence-electron chi connectivity index (χ3n) is 9.54. The van der Waals surface area contributed by atoms with Crippen LogP contribution in [0.25, 0.3) is 22.2 Å². The molecule has 0 bridgehead atoms. The van der Waals surface area contributed by atoms with E-state index in [0.717, 1.165) is 49.0 Å². The lowest BCUT2D eigenvalue weighted by Crippen LogP contribution is -2.48. The Labute approximate surface area is 297 Å². The number of nitrogens with zero attached hydrogens (tertiary/aromatic N) is 5. The average Bonchev–Trinajstić information content (AvgIpc) is 3.15. The van der Waals surface area contributed by atoms with Gasteiger partial charge in [0.15, 0.2) is 11.6 Å². The van der Waals surface area contributed by atoms with Crippen molar-refractivity contribution in [1.29, 1.82) is 0 Å². The van der Waals surface area contributed by atoms with E-state index in [1.54, 1.807) is 23.8 Å². The van der Waals surface area contributed by atoms with Gasteiger partial charge >= 0.3 is 6.18 Å². The van der Waals surface area contributed by atoms with Crippen LogP contribution in [0, 0.1) is 11.6 Å². The van der Waals surface area contributed by atoms with Crippen LogP contribution in [0.1, 0.15) is 35.4 Å². The molecule has 8 nitrogen and oxygen atoms in total. The van der Waals surface area contributed by atoms with Crippen LogP contribution in [-0.4, -0.2) is 69.6 Å². The number of fused-ring (bicyclic) bond motifs is 1. The first-order valence-electron chi connectivity index (χ1n) is 17.1. The smallest absolute Gasteiger partial charge is 0.383 e. The van der Waals surface area contributed by atoms with Crippen LogP contribution in [0.4, 0.5) is 22.0 Å². The molecule has 1 fully saturated rings. The summed E-state index contributed by atoms with van der Waals surface area (Å²) in [4.78, 5) is 40.3. The predicted octanol–water partition coefficient (Wildman–Crippen LogP) is 6.68. The maximum absolute atomic E-state index is 14.6. The number of halogens is 5. The molecule has 3 aromatic carbocycles. The van der Waals surface area contributed by atoms with E-state index < -0.39 is 28.9 Å². The molecule has 0 radical (unpaired) electrons. The Morgan fingerprint density at radius 1 is 0.923 bits per heavy atom. The first kappa shape index (κ1) is 36.8. The number of benzene rings is 3. The van der Waals surface area contributed by atoms with E-state index in [2.05, 4.69) is 14.9 Å². The number of hydrogen-bond donors (Lipinski definition) is 0. The second kappa shape index (κ2) is 16.1. The Bertz CT molecular complexity index is 2060. The van der Waals surface area contributed by atoms with E-state index >= 15 is 0 Å². The van der Waals surface area contributed by atoms with E-state index in [1.165, 1.54) is 30.5 Å². The monoisotopic (exact) mass is 719 g/mol. The second-order valence-electron chi connectivity index (χ2n) is 12.9. The molecule has 1 saturated heterocycles. The third kappa shape index (κ3) is 8.54. The van der Waals surface area contributed by atoms with Crippen molar-refractivity contribution in [2.45, 2.75) is 51.0 Å². The van der Waals surface area contributed by atoms with Gasteiger partial charge in [-0.3, -0.25) is 9.59 Å². The molecule has 52 heavy (non-hydrogen) atoms. The zero-order valence-electron chi connectivity index (χ0n) is 28.6. The number of hydrogen-bond acceptors (Lipinski definition) is 6. The minimum atomic E-state index is -4.42. The molecule has 1 aliphatic rings. The molecule has 1 amide bonds. The van der Waals surface area contributed by atoms with Gasteiger partial charge in [0.05, 0.1) is 17.6 Å². The number of pyridine rings is 1. The second-order valence-corrected chi connectivity index (χ2v) is 12.9. The Morgan fingerprint density at radius 2 is 1.62 bits per heavy atom. The SMILES string of the molecule is COCCN1CCC(N(Cc2ccc(-c3ccc(C(F)(F)F)cc3)cc2)C(=O)Cn2c(CCc3cccc(F)c3F)nc(=O)c3cccnc32)CC1. The van der Waals surface area contributed by atoms with Crippen LogP contribution < -0.4 is 5.56 Å². The van der Waals surface area contributed by atoms with Gasteiger partial charge in [0, 0.05) is 51.9 Å². The maximum Gasteiger partial charge on any atom is 0.416 e. The fourth-order valence-electron chi connectivity index (χ4n) is 6.66. The molecule has 2 aromatic heterocycles. The minimum absolute atomic E-state index is 0.0392. The highest BCUT2D eigenvalue weighted by Gasteiger charge is 2.31. The first-order valence-corrected chi connectivity index (χ1v) is 17.1. The lowest BCUT2D eigenvalue weighted by atomic mass is 10.00. The quantitative estimate of drug-likeness (QED) is 0.134. The molecule has 0 spiro atoms. The number of aryl methyl sites for hydroxylation is 2. The van der Waals surface area contributed by atoms with Crippen molar-refractivity contribution in [2.24, 2.45) is 0 Å². The highest BCUT2D eigenvalue weighted by Crippen LogP contribution is 2.31. The summed E-state index contributed by atoms with van der Waals surface area (Å²) in [5.41, 5.74) is 1.32. The number of rotatable bonds is 12. The summed E-state index contributed by atoms with van der Waals surface area (Å²) in [6.07, 6.45) is -1.38. The number of likely N-dealkylation sites (tertiary alicyclic amines) is 1. The zero-order valence-corrected chi connectivity index (χ0v) is 28.6.